The van der Waals surface area contributed by atoms with Crippen molar-refractivity contribution < 1.29 is 13.7 Å². The van der Waals surface area contributed by atoms with Gasteiger partial charge in [0.15, 0.2) is 0 Å². The Hall–Kier alpha value is -3.19. The highest BCUT2D eigenvalue weighted by Crippen LogP contribution is 2.23. The fourth-order valence-corrected chi connectivity index (χ4v) is 3.38. The number of nitrogens with one attached hydrogen (secondary N) is 1. The van der Waals surface area contributed by atoms with Crippen molar-refractivity contribution in [2.45, 2.75) is 18.9 Å². The monoisotopic (exact) mass is 379 g/mol. The van der Waals surface area contributed by atoms with Crippen molar-refractivity contribution >= 4 is 17.2 Å². The molecule has 0 spiro atoms. The van der Waals surface area contributed by atoms with Gasteiger partial charge in [-0.2, -0.15) is 4.98 Å². The first-order chi connectivity index (χ1) is 13.3. The maximum absolute atomic E-state index is 12.5. The highest BCUT2D eigenvalue weighted by atomic mass is 32.1. The molecule has 1 unspecified atom stereocenters. The summed E-state index contributed by atoms with van der Waals surface area (Å²) in [6, 6.07) is 16.9. The number of hydrogen-bond donors (Lipinski definition) is 1. The number of carbonyl (C=O) groups is 1. The number of benzene rings is 1. The van der Waals surface area contributed by atoms with E-state index < -0.39 is 0 Å². The summed E-state index contributed by atoms with van der Waals surface area (Å²) < 4.78 is 10.8. The SMILES string of the molecule is O=C(CCc1nc(-c2cccs2)no1)NC(c1ccccc1)c1ccco1. The largest absolute Gasteiger partial charge is 0.467 e. The minimum atomic E-state index is -0.335. The molecule has 27 heavy (non-hydrogen) atoms. The molecule has 7 heteroatoms. The summed E-state index contributed by atoms with van der Waals surface area (Å²) in [7, 11) is 0. The number of hydrogen-bond acceptors (Lipinski definition) is 6. The molecule has 4 rings (SSSR count). The first-order valence-electron chi connectivity index (χ1n) is 8.54. The molecule has 0 bridgehead atoms. The van der Waals surface area contributed by atoms with Gasteiger partial charge in [-0.25, -0.2) is 0 Å². The molecular formula is C20H17N3O3S. The maximum atomic E-state index is 12.5. The van der Waals surface area contributed by atoms with E-state index in [-0.39, 0.29) is 18.4 Å². The second kappa shape index (κ2) is 8.01. The molecule has 1 N–H and O–H groups in total. The number of carbonyl (C=O) groups excluding carboxylic acids is 1. The number of amides is 1. The number of aromatic nitrogens is 2. The number of aryl methyl sites for hydroxylation is 1. The molecule has 0 aliphatic rings. The van der Waals surface area contributed by atoms with Gasteiger partial charge in [0.05, 0.1) is 11.1 Å². The van der Waals surface area contributed by atoms with Crippen molar-refractivity contribution in [1.82, 2.24) is 15.5 Å². The van der Waals surface area contributed by atoms with Crippen LogP contribution in [0, 0.1) is 0 Å². The van der Waals surface area contributed by atoms with E-state index in [1.54, 1.807) is 17.6 Å². The smallest absolute Gasteiger partial charge is 0.227 e. The minimum Gasteiger partial charge on any atom is -0.467 e. The zero-order valence-electron chi connectivity index (χ0n) is 14.4. The summed E-state index contributed by atoms with van der Waals surface area (Å²) in [6.07, 6.45) is 2.22. The van der Waals surface area contributed by atoms with E-state index in [1.807, 2.05) is 60.0 Å². The van der Waals surface area contributed by atoms with E-state index in [0.29, 0.717) is 23.9 Å². The van der Waals surface area contributed by atoms with Crippen molar-refractivity contribution in [3.05, 3.63) is 83.5 Å². The van der Waals surface area contributed by atoms with Gasteiger partial charge in [-0.1, -0.05) is 41.6 Å². The zero-order chi connectivity index (χ0) is 18.5. The standard InChI is InChI=1S/C20H17N3O3S/c24-17(10-11-18-22-20(23-26-18)16-9-5-13-27-16)21-19(15-8-4-12-25-15)14-6-2-1-3-7-14/h1-9,12-13,19H,10-11H2,(H,21,24). The Balaban J connectivity index is 1.40. The summed E-state index contributed by atoms with van der Waals surface area (Å²) in [4.78, 5) is 17.8. The topological polar surface area (TPSA) is 81.2 Å². The molecule has 1 atom stereocenters. The first kappa shape index (κ1) is 17.2. The highest BCUT2D eigenvalue weighted by Gasteiger charge is 2.20. The van der Waals surface area contributed by atoms with Crippen molar-refractivity contribution in [2.75, 3.05) is 0 Å². The van der Waals surface area contributed by atoms with Crippen LogP contribution in [-0.4, -0.2) is 16.0 Å². The third-order valence-corrected chi connectivity index (χ3v) is 4.91. The lowest BCUT2D eigenvalue weighted by atomic mass is 10.0. The highest BCUT2D eigenvalue weighted by molar-refractivity contribution is 7.13. The van der Waals surface area contributed by atoms with Crippen LogP contribution in [0.1, 0.15) is 29.7 Å². The molecule has 0 fully saturated rings. The predicted octanol–water partition coefficient (Wildman–Crippen LogP) is 4.23. The lowest BCUT2D eigenvalue weighted by molar-refractivity contribution is -0.121. The van der Waals surface area contributed by atoms with Crippen LogP contribution in [0.25, 0.3) is 10.7 Å². The zero-order valence-corrected chi connectivity index (χ0v) is 15.2. The Labute approximate surface area is 159 Å². The van der Waals surface area contributed by atoms with Crippen LogP contribution in [-0.2, 0) is 11.2 Å². The lowest BCUT2D eigenvalue weighted by Gasteiger charge is -2.17. The Kier molecular flexibility index (Phi) is 5.11. The molecule has 136 valence electrons. The molecule has 1 aromatic carbocycles. The average molecular weight is 379 g/mol. The van der Waals surface area contributed by atoms with Crippen LogP contribution in [0.5, 0.6) is 0 Å². The Morgan fingerprint density at radius 3 is 2.74 bits per heavy atom. The third-order valence-electron chi connectivity index (χ3n) is 4.04. The van der Waals surface area contributed by atoms with Crippen LogP contribution >= 0.6 is 11.3 Å². The van der Waals surface area contributed by atoms with Crippen molar-refractivity contribution in [2.24, 2.45) is 0 Å². The van der Waals surface area contributed by atoms with E-state index in [9.17, 15) is 4.79 Å². The van der Waals surface area contributed by atoms with Gasteiger partial charge in [-0.3, -0.25) is 4.79 Å². The Morgan fingerprint density at radius 1 is 1.11 bits per heavy atom. The van der Waals surface area contributed by atoms with E-state index >= 15 is 0 Å². The summed E-state index contributed by atoms with van der Waals surface area (Å²) in [6.45, 7) is 0. The van der Waals surface area contributed by atoms with E-state index in [0.717, 1.165) is 10.4 Å². The summed E-state index contributed by atoms with van der Waals surface area (Å²) in [5, 5.41) is 8.94. The Morgan fingerprint density at radius 2 is 2.00 bits per heavy atom. The summed E-state index contributed by atoms with van der Waals surface area (Å²) >= 11 is 1.54. The van der Waals surface area contributed by atoms with Gasteiger partial charge in [-0.15, -0.1) is 11.3 Å². The fraction of sp³-hybridized carbons (Fsp3) is 0.150. The van der Waals surface area contributed by atoms with Crippen LogP contribution in [0.2, 0.25) is 0 Å². The molecule has 3 heterocycles. The quantitative estimate of drug-likeness (QED) is 0.520. The molecule has 4 aromatic rings. The van der Waals surface area contributed by atoms with Crippen molar-refractivity contribution in [1.29, 1.82) is 0 Å². The van der Waals surface area contributed by atoms with Crippen LogP contribution in [0.15, 0.2) is 75.2 Å². The van der Waals surface area contributed by atoms with Gasteiger partial charge >= 0.3 is 0 Å². The van der Waals surface area contributed by atoms with E-state index in [4.69, 9.17) is 8.94 Å². The molecule has 0 saturated heterocycles. The van der Waals surface area contributed by atoms with E-state index in [2.05, 4.69) is 15.5 Å². The van der Waals surface area contributed by atoms with Gasteiger partial charge in [0.1, 0.15) is 11.8 Å². The number of thiophene rings is 1. The minimum absolute atomic E-state index is 0.115. The van der Waals surface area contributed by atoms with Gasteiger partial charge in [0.2, 0.25) is 17.6 Å². The number of furan rings is 1. The maximum Gasteiger partial charge on any atom is 0.227 e. The Bertz CT molecular complexity index is 979. The van der Waals surface area contributed by atoms with Crippen molar-refractivity contribution in [3.63, 3.8) is 0 Å². The summed E-state index contributed by atoms with van der Waals surface area (Å²) in [5.74, 6) is 1.57. The second-order valence-electron chi connectivity index (χ2n) is 5.92. The lowest BCUT2D eigenvalue weighted by Crippen LogP contribution is -2.29. The van der Waals surface area contributed by atoms with Crippen molar-refractivity contribution in [3.8, 4) is 10.7 Å². The molecule has 0 aliphatic carbocycles. The fourth-order valence-electron chi connectivity index (χ4n) is 2.74. The molecular weight excluding hydrogens is 362 g/mol. The molecule has 6 nitrogen and oxygen atoms in total. The predicted molar refractivity (Wildman–Crippen MR) is 101 cm³/mol. The number of rotatable bonds is 7. The molecule has 0 saturated carbocycles. The van der Waals surface area contributed by atoms with Gasteiger partial charge in [0.25, 0.3) is 0 Å². The molecule has 1 amide bonds. The van der Waals surface area contributed by atoms with Crippen LogP contribution in [0.3, 0.4) is 0 Å². The van der Waals surface area contributed by atoms with Gasteiger partial charge in [-0.05, 0) is 29.1 Å². The molecule has 0 aliphatic heterocycles. The van der Waals surface area contributed by atoms with Gasteiger partial charge in [0, 0.05) is 12.8 Å². The summed E-state index contributed by atoms with van der Waals surface area (Å²) in [5.41, 5.74) is 0.957. The second-order valence-corrected chi connectivity index (χ2v) is 6.86. The average Bonchev–Trinajstić information content (AvgIpc) is 3.47. The normalized spacial score (nSPS) is 12.0. The third kappa shape index (κ3) is 4.15. The van der Waals surface area contributed by atoms with Gasteiger partial charge < -0.3 is 14.3 Å². The van der Waals surface area contributed by atoms with Crippen LogP contribution < -0.4 is 5.32 Å². The van der Waals surface area contributed by atoms with E-state index in [1.165, 1.54) is 0 Å². The molecule has 3 aromatic heterocycles. The first-order valence-corrected chi connectivity index (χ1v) is 9.42. The number of nitrogens with zero attached hydrogens (tertiary/aromatic N) is 2. The van der Waals surface area contributed by atoms with Crippen LogP contribution in [0.4, 0.5) is 0 Å². The molecule has 0 radical (unpaired) electrons.